The van der Waals surface area contributed by atoms with E-state index in [0.29, 0.717) is 35.8 Å². The van der Waals surface area contributed by atoms with Gasteiger partial charge in [-0.3, -0.25) is 4.90 Å². The zero-order chi connectivity index (χ0) is 40.9. The highest BCUT2D eigenvalue weighted by Crippen LogP contribution is 2.62. The van der Waals surface area contributed by atoms with Gasteiger partial charge in [0.25, 0.3) is 0 Å². The first-order valence-electron chi connectivity index (χ1n) is 20.4. The van der Waals surface area contributed by atoms with E-state index < -0.39 is 23.8 Å². The van der Waals surface area contributed by atoms with E-state index in [0.717, 1.165) is 47.6 Å². The summed E-state index contributed by atoms with van der Waals surface area (Å²) in [6.45, 7) is 4.41. The molecule has 1 fully saturated rings. The molecule has 0 radical (unpaired) electrons. The molecule has 0 aromatic heterocycles. The van der Waals surface area contributed by atoms with Crippen molar-refractivity contribution < 1.29 is 48.6 Å². The molecule has 0 saturated heterocycles. The number of halogens is 1. The molecule has 1 saturated carbocycles. The number of alkyl halides is 1. The maximum atomic E-state index is 14.1. The maximum Gasteiger partial charge on any atom is 0.410 e. The van der Waals surface area contributed by atoms with Crippen LogP contribution in [0.5, 0.6) is 17.2 Å². The highest BCUT2D eigenvalue weighted by Gasteiger charge is 2.65. The zero-order valence-corrected chi connectivity index (χ0v) is 34.1. The number of hydrogen-bond acceptors (Lipinski definition) is 11. The molecule has 314 valence electrons. The molecule has 3 N–H and O–H groups in total. The number of aliphatic hydroxyl groups is 3. The Morgan fingerprint density at radius 3 is 2.47 bits per heavy atom. The molecule has 58 heavy (non-hydrogen) atoms. The number of oxime groups is 1. The normalized spacial score (nSPS) is 24.0. The van der Waals surface area contributed by atoms with Crippen LogP contribution in [0.15, 0.2) is 90.1 Å². The second-order valence-electron chi connectivity index (χ2n) is 14.9. The third kappa shape index (κ3) is 9.65. The van der Waals surface area contributed by atoms with Gasteiger partial charge in [0.15, 0.2) is 0 Å². The Labute approximate surface area is 345 Å². The molecular weight excluding hydrogens is 764 g/mol. The van der Waals surface area contributed by atoms with Gasteiger partial charge in [0.1, 0.15) is 37.0 Å². The fraction of sp³-hybridized carbons (Fsp3) is 0.511. The lowest BCUT2D eigenvalue weighted by Crippen LogP contribution is -2.70. The monoisotopic (exact) mass is 820 g/mol. The number of carbonyl (C=O) groups excluding carboxylic acids is 1. The molecule has 1 amide bonds. The summed E-state index contributed by atoms with van der Waals surface area (Å²) in [7, 11) is 1.51. The topological polar surface area (TPSA) is 149 Å². The molecule has 3 aromatic carbocycles. The summed E-state index contributed by atoms with van der Waals surface area (Å²) in [4.78, 5) is 21.2. The SMILES string of the molecule is C=CCO[C@@]12Oc3ccc(Oc4ccc5ccccc5c4)cc3[C@H]3[C@H](CCCCO)[C@@H](CCCCO)C=C(C(=NOC)C[C@@H]1N(CCOCCO)C(=O)OCCCl)[C@H]32. The molecule has 3 aromatic rings. The Bertz CT molecular complexity index is 1890. The second kappa shape index (κ2) is 21.2. The van der Waals surface area contributed by atoms with Gasteiger partial charge in [-0.05, 0) is 84.2 Å². The maximum absolute atomic E-state index is 14.1. The van der Waals surface area contributed by atoms with Crippen LogP contribution >= 0.6 is 11.6 Å². The minimum Gasteiger partial charge on any atom is -0.459 e. The predicted octanol–water partition coefficient (Wildman–Crippen LogP) is 7.58. The van der Waals surface area contributed by atoms with E-state index in [-0.39, 0.29) is 82.8 Å². The average Bonchev–Trinajstić information content (AvgIpc) is 3.24. The van der Waals surface area contributed by atoms with Gasteiger partial charge < -0.3 is 43.8 Å². The van der Waals surface area contributed by atoms with Gasteiger partial charge in [0.2, 0.25) is 5.79 Å². The zero-order valence-electron chi connectivity index (χ0n) is 33.3. The van der Waals surface area contributed by atoms with E-state index in [1.165, 1.54) is 7.11 Å². The van der Waals surface area contributed by atoms with Crippen molar-refractivity contribution in [2.24, 2.45) is 22.9 Å². The van der Waals surface area contributed by atoms with E-state index in [4.69, 9.17) is 40.1 Å². The largest absolute Gasteiger partial charge is 0.459 e. The van der Waals surface area contributed by atoms with Crippen molar-refractivity contribution in [1.82, 2.24) is 4.90 Å². The second-order valence-corrected chi connectivity index (χ2v) is 15.3. The highest BCUT2D eigenvalue weighted by atomic mass is 35.5. The Balaban J connectivity index is 1.55. The van der Waals surface area contributed by atoms with Crippen molar-refractivity contribution >= 4 is 34.2 Å². The molecule has 13 heteroatoms. The van der Waals surface area contributed by atoms with Gasteiger partial charge in [-0.15, -0.1) is 18.2 Å². The van der Waals surface area contributed by atoms with E-state index in [1.807, 2.05) is 42.5 Å². The van der Waals surface area contributed by atoms with Crippen LogP contribution in [0, 0.1) is 17.8 Å². The summed E-state index contributed by atoms with van der Waals surface area (Å²) in [6, 6.07) is 19.2. The summed E-state index contributed by atoms with van der Waals surface area (Å²) >= 11 is 6.00. The van der Waals surface area contributed by atoms with Crippen LogP contribution in [-0.2, 0) is 19.0 Å². The standard InChI is InChI=1S/C45H57ClN2O10/c1-3-23-56-45-41(48(19-25-54-26-22-51)44(52)55-24-18-46)30-39(47-53-2)37-28-33(12-6-8-20-49)36(13-7-9-21-50)42(43(37)45)38-29-35(16-17-40(38)58-45)57-34-15-14-31-10-4-5-11-32(31)27-34/h3-5,10-11,14-17,27-29,33,36,41-43,49-51H,1,6-9,12-13,18-26,30H2,2H3/t33-,36+,41-,42+,43+,45+/m0/s1. The molecule has 1 aliphatic heterocycles. The van der Waals surface area contributed by atoms with Crippen molar-refractivity contribution in [2.45, 2.75) is 62.7 Å². The summed E-state index contributed by atoms with van der Waals surface area (Å²) < 4.78 is 32.1. The fourth-order valence-electron chi connectivity index (χ4n) is 9.10. The molecule has 2 aliphatic carbocycles. The molecule has 0 unspecified atom stereocenters. The van der Waals surface area contributed by atoms with Crippen molar-refractivity contribution in [1.29, 1.82) is 0 Å². The van der Waals surface area contributed by atoms with Crippen LogP contribution in [0.2, 0.25) is 0 Å². The number of hydrogen-bond donors (Lipinski definition) is 3. The lowest BCUT2D eigenvalue weighted by Gasteiger charge is -2.59. The minimum atomic E-state index is -1.46. The summed E-state index contributed by atoms with van der Waals surface area (Å²) in [5.74, 6) is -0.0364. The van der Waals surface area contributed by atoms with Gasteiger partial charge in [-0.1, -0.05) is 60.5 Å². The number of nitrogens with zero attached hydrogens (tertiary/aromatic N) is 2. The number of unbranched alkanes of at least 4 members (excludes halogenated alkanes) is 2. The Kier molecular flexibility index (Phi) is 15.9. The number of amides is 1. The van der Waals surface area contributed by atoms with Crippen LogP contribution < -0.4 is 9.47 Å². The van der Waals surface area contributed by atoms with E-state index in [2.05, 4.69) is 36.0 Å². The molecule has 0 spiro atoms. The Morgan fingerprint density at radius 2 is 1.72 bits per heavy atom. The third-order valence-corrected chi connectivity index (χ3v) is 11.6. The lowest BCUT2D eigenvalue weighted by molar-refractivity contribution is -0.256. The Morgan fingerprint density at radius 1 is 0.966 bits per heavy atom. The minimum absolute atomic E-state index is 0.00995. The molecule has 0 bridgehead atoms. The van der Waals surface area contributed by atoms with Crippen molar-refractivity contribution in [3.05, 3.63) is 90.5 Å². The smallest absolute Gasteiger partial charge is 0.410 e. The van der Waals surface area contributed by atoms with Crippen LogP contribution in [0.4, 0.5) is 4.79 Å². The molecule has 12 nitrogen and oxygen atoms in total. The van der Waals surface area contributed by atoms with Gasteiger partial charge in [-0.25, -0.2) is 4.79 Å². The third-order valence-electron chi connectivity index (χ3n) is 11.4. The van der Waals surface area contributed by atoms with Crippen molar-refractivity contribution in [3.63, 3.8) is 0 Å². The summed E-state index contributed by atoms with van der Waals surface area (Å²) in [6.07, 6.45) is 8.07. The first-order chi connectivity index (χ1) is 28.4. The van der Waals surface area contributed by atoms with Crippen LogP contribution in [0.3, 0.4) is 0 Å². The van der Waals surface area contributed by atoms with Crippen molar-refractivity contribution in [3.8, 4) is 17.2 Å². The number of benzene rings is 3. The number of aliphatic hydroxyl groups excluding tert-OH is 3. The van der Waals surface area contributed by atoms with E-state index in [9.17, 15) is 20.1 Å². The molecular formula is C45H57ClN2O10. The summed E-state index contributed by atoms with van der Waals surface area (Å²) in [5.41, 5.74) is 2.51. The quantitative estimate of drug-likeness (QED) is 0.0401. The number of ether oxygens (including phenoxy) is 5. The van der Waals surface area contributed by atoms with E-state index >= 15 is 0 Å². The fourth-order valence-corrected chi connectivity index (χ4v) is 9.18. The molecule has 1 heterocycles. The van der Waals surface area contributed by atoms with E-state index in [1.54, 1.807) is 11.0 Å². The molecule has 3 aliphatic rings. The van der Waals surface area contributed by atoms with Crippen LogP contribution in [-0.4, -0.2) is 110 Å². The van der Waals surface area contributed by atoms with Crippen LogP contribution in [0.1, 0.15) is 56.4 Å². The first-order valence-corrected chi connectivity index (χ1v) is 20.9. The van der Waals surface area contributed by atoms with Gasteiger partial charge in [0.05, 0.1) is 43.9 Å². The Hall–Kier alpha value is -4.17. The lowest BCUT2D eigenvalue weighted by atomic mass is 9.55. The van der Waals surface area contributed by atoms with Crippen LogP contribution in [0.25, 0.3) is 10.8 Å². The highest BCUT2D eigenvalue weighted by molar-refractivity contribution is 6.18. The van der Waals surface area contributed by atoms with Gasteiger partial charge >= 0.3 is 6.09 Å². The van der Waals surface area contributed by atoms with Gasteiger partial charge in [0, 0.05) is 37.7 Å². The molecule has 6 atom stereocenters. The van der Waals surface area contributed by atoms with Gasteiger partial charge in [-0.2, -0.15) is 0 Å². The number of rotatable bonds is 22. The average molecular weight is 821 g/mol. The molecule has 6 rings (SSSR count). The predicted molar refractivity (Wildman–Crippen MR) is 223 cm³/mol. The number of allylic oxidation sites excluding steroid dienone is 1. The number of fused-ring (bicyclic) bond motifs is 3. The van der Waals surface area contributed by atoms with Crippen molar-refractivity contribution in [2.75, 3.05) is 65.8 Å². The number of carbonyl (C=O) groups is 1. The summed E-state index contributed by atoms with van der Waals surface area (Å²) in [5, 5.41) is 36.0. The first kappa shape index (κ1) is 43.4.